The van der Waals surface area contributed by atoms with Crippen LogP contribution in [0, 0.1) is 6.65 Å². The first kappa shape index (κ1) is 44.9. The van der Waals surface area contributed by atoms with E-state index < -0.39 is 23.8 Å². The third-order valence-electron chi connectivity index (χ3n) is 9.68. The summed E-state index contributed by atoms with van der Waals surface area (Å²) in [6, 6.07) is 85.1. The standard InChI is InChI=1S/C32H28BN2P2.C18H15P.CO.ClH.Os/c1-5-15-27(16-6-1)36(28-17-7-2-8-18-28)25-34-31-23-13-14-24-32(31)35(33-34)26-37(29-19-9-3-10-20-29)30-21-11-4-12-22-30;1-4-10-16(11-5-1)19(17-12-6-2-7-13-17)18-14-8-3-9-15-18;1-2;;/h1-24H,25-26H2;1-15H;;1H;/q;;;;+1/p-1. The maximum Gasteiger partial charge on any atom is -0.0134 e. The fraction of sp³-hybridized carbons (Fsp3) is 0.0392. The Morgan fingerprint density at radius 2 is 0.550 bits per heavy atom. The molecule has 0 aliphatic carbocycles. The van der Waals surface area contributed by atoms with Gasteiger partial charge in [0.05, 0.1) is 0 Å². The maximum atomic E-state index is 7.50. The molecule has 1 heterocycles. The molecular formula is C51H43BClN2OOsP3. The zero-order valence-corrected chi connectivity index (χ0v) is 38.9. The summed E-state index contributed by atoms with van der Waals surface area (Å²) < 4.78 is 7.50. The molecule has 8 aromatic rings. The molecule has 0 N–H and O–H groups in total. The van der Waals surface area contributed by atoms with Crippen LogP contribution in [0.15, 0.2) is 237 Å². The number of nitrogens with zero attached hydrogens (tertiary/aromatic N) is 2. The van der Waals surface area contributed by atoms with E-state index in [1.807, 2.05) is 0 Å². The minimum atomic E-state index is -0.540. The van der Waals surface area contributed by atoms with Gasteiger partial charge in [-0.15, -0.1) is 0 Å². The molecule has 0 saturated carbocycles. The largest absolute Gasteiger partial charge is 0.0622 e. The van der Waals surface area contributed by atoms with Gasteiger partial charge in [0.1, 0.15) is 0 Å². The van der Waals surface area contributed by atoms with E-state index >= 15 is 0 Å². The van der Waals surface area contributed by atoms with E-state index in [-0.39, 0.29) is 0 Å². The van der Waals surface area contributed by atoms with Crippen LogP contribution in [0.5, 0.6) is 0 Å². The molecule has 60 heavy (non-hydrogen) atoms. The second-order valence-corrected chi connectivity index (χ2v) is 19.9. The van der Waals surface area contributed by atoms with Crippen LogP contribution in [0.4, 0.5) is 11.4 Å². The van der Waals surface area contributed by atoms with Crippen LogP contribution in [0.1, 0.15) is 0 Å². The quantitative estimate of drug-likeness (QED) is 0.0559. The number of fused-ring (bicyclic) bond motifs is 1. The number of benzene rings is 8. The Hall–Kier alpha value is -4.62. The number of halogens is 1. The number of anilines is 2. The Labute approximate surface area is 374 Å². The summed E-state index contributed by atoms with van der Waals surface area (Å²) in [5.41, 5.74) is 2.58. The van der Waals surface area contributed by atoms with Crippen molar-refractivity contribution in [2.45, 2.75) is 0 Å². The van der Waals surface area contributed by atoms with Crippen molar-refractivity contribution in [1.82, 2.24) is 0 Å². The van der Waals surface area contributed by atoms with Gasteiger partial charge in [0.2, 0.25) is 0 Å². The number of rotatable bonds is 11. The molecule has 8 aromatic carbocycles. The first-order valence-corrected chi connectivity index (χ1v) is 26.9. The van der Waals surface area contributed by atoms with Crippen molar-refractivity contribution < 1.29 is 22.3 Å². The smallest absolute Gasteiger partial charge is 0.0134 e. The number of hydrogen-bond acceptors (Lipinski definition) is 2. The molecule has 1 aliphatic heterocycles. The minimum Gasteiger partial charge on any atom is -0.0622 e. The van der Waals surface area contributed by atoms with Gasteiger partial charge in [-0.25, -0.2) is 0 Å². The van der Waals surface area contributed by atoms with Gasteiger partial charge in [0.25, 0.3) is 0 Å². The molecule has 3 nitrogen and oxygen atoms in total. The van der Waals surface area contributed by atoms with Gasteiger partial charge < -0.3 is 9.62 Å². The normalized spacial score (nSPS) is 11.2. The predicted octanol–water partition coefficient (Wildman–Crippen LogP) is 10.1. The van der Waals surface area contributed by atoms with E-state index in [1.54, 1.807) is 0 Å². The van der Waals surface area contributed by atoms with Gasteiger partial charge >= 0.3 is 46.1 Å². The van der Waals surface area contributed by atoms with Gasteiger partial charge in [-0.1, -0.05) is 224 Å². The molecule has 0 bridgehead atoms. The Kier molecular flexibility index (Phi) is 18.4. The van der Waals surface area contributed by atoms with E-state index in [4.69, 9.17) is 4.65 Å². The topological polar surface area (TPSA) is 26.4 Å². The third-order valence-corrected chi connectivity index (χ3v) is 17.0. The summed E-state index contributed by atoms with van der Waals surface area (Å²) >= 11 is 1.33. The summed E-state index contributed by atoms with van der Waals surface area (Å²) in [4.78, 5) is 4.95. The van der Waals surface area contributed by atoms with Gasteiger partial charge in [-0.05, 0) is 73.0 Å². The van der Waals surface area contributed by atoms with E-state index in [1.165, 1.54) is 66.1 Å². The molecule has 9 heteroatoms. The summed E-state index contributed by atoms with van der Waals surface area (Å²) in [5, 5.41) is 9.82. The summed E-state index contributed by atoms with van der Waals surface area (Å²) in [7, 11) is 5.49. The molecule has 0 unspecified atom stereocenters. The van der Waals surface area contributed by atoms with E-state index in [9.17, 15) is 0 Å². The molecule has 1 aliphatic rings. The SMILES string of the molecule is [B]1N(CP(c2ccccc2)c2ccccc2)c2ccccc2N1CP(c1ccccc1)c1ccccc1.[C-]#[O+].[Cl][Os].c1ccc(P(c2ccccc2)c2ccccc2)cc1. The van der Waals surface area contributed by atoms with Crippen LogP contribution in [-0.4, -0.2) is 20.1 Å². The molecule has 0 spiro atoms. The fourth-order valence-electron chi connectivity index (χ4n) is 7.01. The first-order chi connectivity index (χ1) is 29.8. The van der Waals surface area contributed by atoms with Crippen LogP contribution in [0.25, 0.3) is 0 Å². The summed E-state index contributed by atoms with van der Waals surface area (Å²) in [6.07, 6.45) is 1.90. The Morgan fingerprint density at radius 1 is 0.350 bits per heavy atom. The zero-order valence-electron chi connectivity index (χ0n) is 32.9. The van der Waals surface area contributed by atoms with Crippen molar-refractivity contribution in [2.75, 3.05) is 22.2 Å². The zero-order chi connectivity index (χ0) is 41.8. The van der Waals surface area contributed by atoms with Crippen molar-refractivity contribution in [2.24, 2.45) is 0 Å². The molecule has 0 fully saturated rings. The van der Waals surface area contributed by atoms with E-state index in [2.05, 4.69) is 270 Å². The van der Waals surface area contributed by atoms with Crippen molar-refractivity contribution in [3.8, 4) is 0 Å². The molecular weight excluding hydrogens is 986 g/mol. The minimum absolute atomic E-state index is 0.446. The molecule has 1 radical (unpaired) electrons. The van der Waals surface area contributed by atoms with Crippen molar-refractivity contribution in [1.29, 1.82) is 0 Å². The predicted molar refractivity (Wildman–Crippen MR) is 260 cm³/mol. The van der Waals surface area contributed by atoms with E-state index in [0.717, 1.165) is 12.6 Å². The molecule has 0 aromatic heterocycles. The van der Waals surface area contributed by atoms with Crippen molar-refractivity contribution in [3.63, 3.8) is 0 Å². The van der Waals surface area contributed by atoms with Crippen LogP contribution in [-0.2, 0) is 22.3 Å². The van der Waals surface area contributed by atoms with Gasteiger partial charge in [0.15, 0.2) is 0 Å². The van der Waals surface area contributed by atoms with Crippen molar-refractivity contribution >= 4 is 89.5 Å². The van der Waals surface area contributed by atoms with Crippen LogP contribution in [0.2, 0.25) is 0 Å². The molecule has 0 amide bonds. The second-order valence-electron chi connectivity index (χ2n) is 13.4. The summed E-state index contributed by atoms with van der Waals surface area (Å²) in [6.45, 7) is 4.50. The molecule has 296 valence electrons. The molecule has 9 rings (SSSR count). The maximum absolute atomic E-state index is 7.50. The molecule has 0 atom stereocenters. The number of para-hydroxylation sites is 2. The summed E-state index contributed by atoms with van der Waals surface area (Å²) in [5.74, 6) is 0. The molecule has 0 saturated heterocycles. The van der Waals surface area contributed by atoms with Gasteiger partial charge in [-0.2, -0.15) is 0 Å². The fourth-order valence-corrected chi connectivity index (χ4v) is 13.8. The van der Waals surface area contributed by atoms with Crippen LogP contribution >= 0.6 is 33.4 Å². The Morgan fingerprint density at radius 3 is 0.783 bits per heavy atom. The van der Waals surface area contributed by atoms with Crippen LogP contribution in [0.3, 0.4) is 0 Å². The monoisotopic (exact) mass is 1030 g/mol. The average Bonchev–Trinajstić information content (AvgIpc) is 3.70. The first-order valence-electron chi connectivity index (χ1n) is 19.3. The Balaban J connectivity index is 0.000000220. The number of hydrogen-bond donors (Lipinski definition) is 0. The van der Waals surface area contributed by atoms with Crippen LogP contribution < -0.4 is 46.8 Å². The van der Waals surface area contributed by atoms with Gasteiger partial charge in [0, 0.05) is 23.9 Å². The Bertz CT molecular complexity index is 2140. The average molecular weight is 1030 g/mol. The van der Waals surface area contributed by atoms with Gasteiger partial charge in [-0.3, -0.25) is 0 Å². The third kappa shape index (κ3) is 12.0. The van der Waals surface area contributed by atoms with Crippen molar-refractivity contribution in [3.05, 3.63) is 243 Å². The second kappa shape index (κ2) is 24.6. The van der Waals surface area contributed by atoms with E-state index in [0.29, 0.717) is 0 Å².